The van der Waals surface area contributed by atoms with Crippen molar-refractivity contribution in [2.24, 2.45) is 0 Å². The molecule has 0 aliphatic heterocycles. The summed E-state index contributed by atoms with van der Waals surface area (Å²) < 4.78 is 1.76. The zero-order valence-electron chi connectivity index (χ0n) is 9.46. The molecule has 0 atom stereocenters. The van der Waals surface area contributed by atoms with Crippen LogP contribution < -0.4 is 5.73 Å². The Kier molecular flexibility index (Phi) is 2.08. The van der Waals surface area contributed by atoms with Gasteiger partial charge in [0.2, 0.25) is 0 Å². The number of aromatic nitrogens is 3. The van der Waals surface area contributed by atoms with Gasteiger partial charge in [-0.3, -0.25) is 4.98 Å². The number of anilines is 1. The van der Waals surface area contributed by atoms with Crippen LogP contribution in [0, 0.1) is 6.92 Å². The predicted octanol–water partition coefficient (Wildman–Crippen LogP) is 2.31. The standard InChI is InChI=1S/C13H12N4/c1-9-7-13(14)17(16-9)12-4-2-3-10-8-15-6-5-11(10)12/h2-8H,14H2,1H3. The van der Waals surface area contributed by atoms with Crippen molar-refractivity contribution in [3.63, 3.8) is 0 Å². The molecule has 0 amide bonds. The number of nitrogen functional groups attached to an aromatic ring is 1. The summed E-state index contributed by atoms with van der Waals surface area (Å²) in [4.78, 5) is 4.11. The van der Waals surface area contributed by atoms with E-state index in [0.717, 1.165) is 22.2 Å². The zero-order chi connectivity index (χ0) is 11.8. The molecule has 4 heteroatoms. The molecule has 2 N–H and O–H groups in total. The minimum Gasteiger partial charge on any atom is -0.384 e. The van der Waals surface area contributed by atoms with Gasteiger partial charge in [-0.25, -0.2) is 4.68 Å². The lowest BCUT2D eigenvalue weighted by atomic mass is 10.1. The third-order valence-electron chi connectivity index (χ3n) is 2.74. The molecule has 2 aromatic heterocycles. The fourth-order valence-corrected chi connectivity index (χ4v) is 2.00. The SMILES string of the molecule is Cc1cc(N)n(-c2cccc3cnccc23)n1. The number of nitrogens with zero attached hydrogens (tertiary/aromatic N) is 3. The second kappa shape index (κ2) is 3.59. The average Bonchev–Trinajstić information content (AvgIpc) is 2.68. The Balaban J connectivity index is 2.34. The van der Waals surface area contributed by atoms with Crippen LogP contribution in [0.3, 0.4) is 0 Å². The minimum absolute atomic E-state index is 0.645. The molecule has 0 bridgehead atoms. The van der Waals surface area contributed by atoms with Gasteiger partial charge in [-0.2, -0.15) is 5.10 Å². The molecule has 0 spiro atoms. The Hall–Kier alpha value is -2.36. The summed E-state index contributed by atoms with van der Waals surface area (Å²) in [6.07, 6.45) is 3.61. The van der Waals surface area contributed by atoms with E-state index in [4.69, 9.17) is 5.73 Å². The Labute approximate surface area is 98.7 Å². The van der Waals surface area contributed by atoms with E-state index in [2.05, 4.69) is 10.1 Å². The van der Waals surface area contributed by atoms with Gasteiger partial charge in [0.05, 0.1) is 11.4 Å². The third-order valence-corrected chi connectivity index (χ3v) is 2.74. The lowest BCUT2D eigenvalue weighted by Crippen LogP contribution is -2.02. The largest absolute Gasteiger partial charge is 0.384 e. The van der Waals surface area contributed by atoms with Crippen LogP contribution in [-0.2, 0) is 0 Å². The summed E-state index contributed by atoms with van der Waals surface area (Å²) in [7, 11) is 0. The van der Waals surface area contributed by atoms with Gasteiger partial charge in [-0.05, 0) is 19.1 Å². The highest BCUT2D eigenvalue weighted by Crippen LogP contribution is 2.23. The van der Waals surface area contributed by atoms with Crippen LogP contribution in [0.5, 0.6) is 0 Å². The summed E-state index contributed by atoms with van der Waals surface area (Å²) >= 11 is 0. The first-order valence-electron chi connectivity index (χ1n) is 5.41. The highest BCUT2D eigenvalue weighted by atomic mass is 15.3. The van der Waals surface area contributed by atoms with Crippen LogP contribution in [0.15, 0.2) is 42.7 Å². The molecule has 0 saturated heterocycles. The Morgan fingerprint density at radius 1 is 1.24 bits per heavy atom. The van der Waals surface area contributed by atoms with Gasteiger partial charge in [0, 0.05) is 29.2 Å². The van der Waals surface area contributed by atoms with Gasteiger partial charge in [0.25, 0.3) is 0 Å². The number of nitrogens with two attached hydrogens (primary N) is 1. The molecule has 4 nitrogen and oxygen atoms in total. The van der Waals surface area contributed by atoms with Crippen molar-refractivity contribution in [2.75, 3.05) is 5.73 Å². The van der Waals surface area contributed by atoms with Crippen LogP contribution in [-0.4, -0.2) is 14.8 Å². The molecule has 0 radical (unpaired) electrons. The van der Waals surface area contributed by atoms with Crippen molar-refractivity contribution in [3.05, 3.63) is 48.4 Å². The summed E-state index contributed by atoms with van der Waals surface area (Å²) in [5.74, 6) is 0.645. The monoisotopic (exact) mass is 224 g/mol. The quantitative estimate of drug-likeness (QED) is 0.690. The van der Waals surface area contributed by atoms with E-state index < -0.39 is 0 Å². The topological polar surface area (TPSA) is 56.7 Å². The molecule has 17 heavy (non-hydrogen) atoms. The highest BCUT2D eigenvalue weighted by Gasteiger charge is 2.07. The normalized spacial score (nSPS) is 10.9. The van der Waals surface area contributed by atoms with Crippen LogP contribution >= 0.6 is 0 Å². The smallest absolute Gasteiger partial charge is 0.127 e. The molecule has 2 heterocycles. The maximum atomic E-state index is 5.95. The van der Waals surface area contributed by atoms with Gasteiger partial charge >= 0.3 is 0 Å². The second-order valence-electron chi connectivity index (χ2n) is 4.00. The molecule has 0 saturated carbocycles. The van der Waals surface area contributed by atoms with Gasteiger partial charge < -0.3 is 5.73 Å². The molecule has 3 rings (SSSR count). The number of hydrogen-bond donors (Lipinski definition) is 1. The summed E-state index contributed by atoms with van der Waals surface area (Å²) in [6.45, 7) is 1.93. The van der Waals surface area contributed by atoms with E-state index in [1.54, 1.807) is 10.9 Å². The molecular weight excluding hydrogens is 212 g/mol. The van der Waals surface area contributed by atoms with Crippen LogP contribution in [0.25, 0.3) is 16.5 Å². The Morgan fingerprint density at radius 2 is 2.12 bits per heavy atom. The van der Waals surface area contributed by atoms with E-state index in [1.807, 2.05) is 43.5 Å². The van der Waals surface area contributed by atoms with Gasteiger partial charge in [0.1, 0.15) is 5.82 Å². The molecule has 1 aromatic carbocycles. The molecule has 0 fully saturated rings. The number of fused-ring (bicyclic) bond motifs is 1. The van der Waals surface area contributed by atoms with Crippen LogP contribution in [0.2, 0.25) is 0 Å². The van der Waals surface area contributed by atoms with E-state index in [1.165, 1.54) is 0 Å². The molecule has 0 aliphatic rings. The van der Waals surface area contributed by atoms with Crippen molar-refractivity contribution in [1.82, 2.24) is 14.8 Å². The number of benzene rings is 1. The predicted molar refractivity (Wildman–Crippen MR) is 68.0 cm³/mol. The van der Waals surface area contributed by atoms with Crippen molar-refractivity contribution in [2.45, 2.75) is 6.92 Å². The van der Waals surface area contributed by atoms with Gasteiger partial charge in [-0.1, -0.05) is 12.1 Å². The second-order valence-corrected chi connectivity index (χ2v) is 4.00. The summed E-state index contributed by atoms with van der Waals surface area (Å²) in [5.41, 5.74) is 7.84. The average molecular weight is 224 g/mol. The first kappa shape index (κ1) is 9.84. The van der Waals surface area contributed by atoms with Crippen molar-refractivity contribution in [3.8, 4) is 5.69 Å². The maximum absolute atomic E-state index is 5.95. The Bertz CT molecular complexity index is 679. The van der Waals surface area contributed by atoms with E-state index >= 15 is 0 Å². The fourth-order valence-electron chi connectivity index (χ4n) is 2.00. The minimum atomic E-state index is 0.645. The summed E-state index contributed by atoms with van der Waals surface area (Å²) in [5, 5.41) is 6.58. The molecule has 0 unspecified atom stereocenters. The van der Waals surface area contributed by atoms with Crippen LogP contribution in [0.4, 0.5) is 5.82 Å². The van der Waals surface area contributed by atoms with Crippen molar-refractivity contribution in [1.29, 1.82) is 0 Å². The number of pyridine rings is 1. The van der Waals surface area contributed by atoms with Gasteiger partial charge in [-0.15, -0.1) is 0 Å². The van der Waals surface area contributed by atoms with E-state index in [0.29, 0.717) is 5.82 Å². The highest BCUT2D eigenvalue weighted by molar-refractivity contribution is 5.89. The summed E-state index contributed by atoms with van der Waals surface area (Å²) in [6, 6.07) is 9.85. The first-order valence-corrected chi connectivity index (χ1v) is 5.41. The van der Waals surface area contributed by atoms with Crippen molar-refractivity contribution >= 4 is 16.6 Å². The number of rotatable bonds is 1. The van der Waals surface area contributed by atoms with E-state index in [-0.39, 0.29) is 0 Å². The van der Waals surface area contributed by atoms with E-state index in [9.17, 15) is 0 Å². The lowest BCUT2D eigenvalue weighted by Gasteiger charge is -2.07. The molecular formula is C13H12N4. The third kappa shape index (κ3) is 1.54. The molecule has 0 aliphatic carbocycles. The lowest BCUT2D eigenvalue weighted by molar-refractivity contribution is 0.878. The fraction of sp³-hybridized carbons (Fsp3) is 0.0769. The number of hydrogen-bond acceptors (Lipinski definition) is 3. The zero-order valence-corrected chi connectivity index (χ0v) is 9.46. The first-order chi connectivity index (χ1) is 8.25. The van der Waals surface area contributed by atoms with Gasteiger partial charge in [0.15, 0.2) is 0 Å². The van der Waals surface area contributed by atoms with Crippen molar-refractivity contribution < 1.29 is 0 Å². The Morgan fingerprint density at radius 3 is 2.88 bits per heavy atom. The molecule has 3 aromatic rings. The number of aryl methyl sites for hydroxylation is 1. The molecule has 84 valence electrons. The van der Waals surface area contributed by atoms with Crippen LogP contribution in [0.1, 0.15) is 5.69 Å². The maximum Gasteiger partial charge on any atom is 0.127 e.